The van der Waals surface area contributed by atoms with E-state index < -0.39 is 0 Å². The molecule has 4 heteroatoms. The van der Waals surface area contributed by atoms with Gasteiger partial charge >= 0.3 is 0 Å². The molecule has 2 aliphatic rings. The zero-order chi connectivity index (χ0) is 13.2. The molecule has 0 bridgehead atoms. The van der Waals surface area contributed by atoms with E-state index in [9.17, 15) is 4.79 Å². The van der Waals surface area contributed by atoms with E-state index in [4.69, 9.17) is 4.74 Å². The van der Waals surface area contributed by atoms with Crippen molar-refractivity contribution in [2.24, 2.45) is 0 Å². The maximum absolute atomic E-state index is 12.4. The summed E-state index contributed by atoms with van der Waals surface area (Å²) < 4.78 is 6.67. The number of nitrogens with zero attached hydrogens (tertiary/aromatic N) is 1. The number of halogens is 1. The molecule has 1 heterocycles. The summed E-state index contributed by atoms with van der Waals surface area (Å²) in [5.41, 5.74) is 0.781. The van der Waals surface area contributed by atoms with Crippen LogP contribution in [0.15, 0.2) is 28.7 Å². The highest BCUT2D eigenvalue weighted by molar-refractivity contribution is 9.10. The first kappa shape index (κ1) is 13.3. The Morgan fingerprint density at radius 1 is 1.37 bits per heavy atom. The third-order valence-corrected chi connectivity index (χ3v) is 4.81. The number of hydrogen-bond acceptors (Lipinski definition) is 3. The molecule has 1 aliphatic heterocycles. The molecule has 0 spiro atoms. The Morgan fingerprint density at radius 2 is 2.21 bits per heavy atom. The predicted octanol–water partition coefficient (Wildman–Crippen LogP) is 2.89. The minimum Gasteiger partial charge on any atom is -0.375 e. The Bertz CT molecular complexity index is 477. The van der Waals surface area contributed by atoms with E-state index >= 15 is 0 Å². The maximum Gasteiger partial charge on any atom is 0.177 e. The van der Waals surface area contributed by atoms with Gasteiger partial charge in [0.25, 0.3) is 0 Å². The number of carbonyl (C=O) groups excluding carboxylic acids is 1. The SMILES string of the molecule is O=C(CN1CCOC2CCCC21)c1ccccc1Br. The topological polar surface area (TPSA) is 29.5 Å². The standard InChI is InChI=1S/C15H18BrNO2/c16-12-5-2-1-4-11(12)14(18)10-17-8-9-19-15-7-3-6-13(15)17/h1-2,4-5,13,15H,3,6-10H2. The van der Waals surface area contributed by atoms with Gasteiger partial charge in [-0.1, -0.05) is 34.1 Å². The van der Waals surface area contributed by atoms with Crippen LogP contribution in [0.5, 0.6) is 0 Å². The fourth-order valence-electron chi connectivity index (χ4n) is 3.16. The second kappa shape index (κ2) is 5.73. The van der Waals surface area contributed by atoms with Crippen molar-refractivity contribution in [1.29, 1.82) is 0 Å². The van der Waals surface area contributed by atoms with E-state index in [0.29, 0.717) is 18.7 Å². The Labute approximate surface area is 122 Å². The molecule has 0 radical (unpaired) electrons. The molecule has 1 aromatic rings. The Morgan fingerprint density at radius 3 is 3.05 bits per heavy atom. The first-order chi connectivity index (χ1) is 9.25. The molecule has 0 amide bonds. The van der Waals surface area contributed by atoms with Gasteiger partial charge in [0.05, 0.1) is 19.3 Å². The van der Waals surface area contributed by atoms with Gasteiger partial charge in [0.15, 0.2) is 5.78 Å². The molecule has 1 aliphatic carbocycles. The minimum absolute atomic E-state index is 0.194. The lowest BCUT2D eigenvalue weighted by molar-refractivity contribution is -0.0522. The van der Waals surface area contributed by atoms with E-state index in [-0.39, 0.29) is 5.78 Å². The number of benzene rings is 1. The van der Waals surface area contributed by atoms with Gasteiger partial charge < -0.3 is 4.74 Å². The number of ether oxygens (including phenoxy) is 1. The summed E-state index contributed by atoms with van der Waals surface area (Å²) in [7, 11) is 0. The van der Waals surface area contributed by atoms with Crippen LogP contribution < -0.4 is 0 Å². The normalized spacial score (nSPS) is 27.2. The second-order valence-electron chi connectivity index (χ2n) is 5.28. The van der Waals surface area contributed by atoms with Crippen molar-refractivity contribution >= 4 is 21.7 Å². The molecule has 1 aromatic carbocycles. The highest BCUT2D eigenvalue weighted by Gasteiger charge is 2.36. The smallest absolute Gasteiger partial charge is 0.177 e. The van der Waals surface area contributed by atoms with Gasteiger partial charge in [-0.25, -0.2) is 0 Å². The largest absolute Gasteiger partial charge is 0.375 e. The number of morpholine rings is 1. The lowest BCUT2D eigenvalue weighted by Crippen LogP contribution is -2.50. The van der Waals surface area contributed by atoms with Crippen molar-refractivity contribution < 1.29 is 9.53 Å². The zero-order valence-electron chi connectivity index (χ0n) is 10.8. The van der Waals surface area contributed by atoms with Crippen molar-refractivity contribution in [3.8, 4) is 0 Å². The quantitative estimate of drug-likeness (QED) is 0.801. The highest BCUT2D eigenvalue weighted by Crippen LogP contribution is 2.30. The van der Waals surface area contributed by atoms with E-state index in [1.807, 2.05) is 24.3 Å². The molecular weight excluding hydrogens is 306 g/mol. The lowest BCUT2D eigenvalue weighted by atomic mass is 10.1. The molecule has 3 rings (SSSR count). The van der Waals surface area contributed by atoms with E-state index in [1.54, 1.807) is 0 Å². The summed E-state index contributed by atoms with van der Waals surface area (Å²) in [6.07, 6.45) is 3.87. The summed E-state index contributed by atoms with van der Waals surface area (Å²) in [6, 6.07) is 8.10. The lowest BCUT2D eigenvalue weighted by Gasteiger charge is -2.37. The van der Waals surface area contributed by atoms with Crippen LogP contribution >= 0.6 is 15.9 Å². The zero-order valence-corrected chi connectivity index (χ0v) is 12.4. The van der Waals surface area contributed by atoms with Crippen molar-refractivity contribution in [3.05, 3.63) is 34.3 Å². The van der Waals surface area contributed by atoms with Crippen LogP contribution in [0.2, 0.25) is 0 Å². The number of hydrogen-bond donors (Lipinski definition) is 0. The second-order valence-corrected chi connectivity index (χ2v) is 6.14. The molecule has 2 atom stereocenters. The summed E-state index contributed by atoms with van der Waals surface area (Å²) in [6.45, 7) is 2.13. The first-order valence-corrected chi connectivity index (χ1v) is 7.68. The number of ketones is 1. The summed E-state index contributed by atoms with van der Waals surface area (Å²) in [4.78, 5) is 14.7. The fourth-order valence-corrected chi connectivity index (χ4v) is 3.66. The van der Waals surface area contributed by atoms with E-state index in [2.05, 4.69) is 20.8 Å². The minimum atomic E-state index is 0.194. The summed E-state index contributed by atoms with van der Waals surface area (Å²) >= 11 is 3.45. The van der Waals surface area contributed by atoms with Gasteiger partial charge in [-0.05, 0) is 25.3 Å². The molecule has 0 aromatic heterocycles. The molecule has 1 saturated heterocycles. The van der Waals surface area contributed by atoms with Crippen molar-refractivity contribution in [2.75, 3.05) is 19.7 Å². The maximum atomic E-state index is 12.4. The molecular formula is C15H18BrNO2. The van der Waals surface area contributed by atoms with Gasteiger partial charge in [-0.3, -0.25) is 9.69 Å². The van der Waals surface area contributed by atoms with Crippen molar-refractivity contribution in [1.82, 2.24) is 4.90 Å². The average Bonchev–Trinajstić information content (AvgIpc) is 2.88. The molecule has 102 valence electrons. The number of carbonyl (C=O) groups is 1. The Kier molecular flexibility index (Phi) is 4.01. The fraction of sp³-hybridized carbons (Fsp3) is 0.533. The van der Waals surface area contributed by atoms with Crippen LogP contribution in [-0.4, -0.2) is 42.5 Å². The van der Waals surface area contributed by atoms with Crippen LogP contribution in [0.3, 0.4) is 0 Å². The summed E-state index contributed by atoms with van der Waals surface area (Å²) in [5.74, 6) is 0.194. The molecule has 0 N–H and O–H groups in total. The first-order valence-electron chi connectivity index (χ1n) is 6.89. The van der Waals surface area contributed by atoms with Crippen LogP contribution in [0.4, 0.5) is 0 Å². The molecule has 1 saturated carbocycles. The highest BCUT2D eigenvalue weighted by atomic mass is 79.9. The number of rotatable bonds is 3. The molecule has 19 heavy (non-hydrogen) atoms. The van der Waals surface area contributed by atoms with Crippen LogP contribution in [0, 0.1) is 0 Å². The third-order valence-electron chi connectivity index (χ3n) is 4.12. The molecule has 2 fully saturated rings. The van der Waals surface area contributed by atoms with Gasteiger partial charge in [0.1, 0.15) is 0 Å². The molecule has 3 nitrogen and oxygen atoms in total. The van der Waals surface area contributed by atoms with Crippen molar-refractivity contribution in [3.63, 3.8) is 0 Å². The predicted molar refractivity (Wildman–Crippen MR) is 77.4 cm³/mol. The number of fused-ring (bicyclic) bond motifs is 1. The van der Waals surface area contributed by atoms with Crippen LogP contribution in [0.1, 0.15) is 29.6 Å². The third kappa shape index (κ3) is 2.76. The average molecular weight is 324 g/mol. The molecule has 2 unspecified atom stereocenters. The monoisotopic (exact) mass is 323 g/mol. The van der Waals surface area contributed by atoms with Crippen LogP contribution in [0.25, 0.3) is 0 Å². The van der Waals surface area contributed by atoms with Crippen molar-refractivity contribution in [2.45, 2.75) is 31.4 Å². The Balaban J connectivity index is 1.71. The van der Waals surface area contributed by atoms with Crippen LogP contribution in [-0.2, 0) is 4.74 Å². The Hall–Kier alpha value is -0.710. The van der Waals surface area contributed by atoms with E-state index in [1.165, 1.54) is 6.42 Å². The van der Waals surface area contributed by atoms with Gasteiger partial charge in [0.2, 0.25) is 0 Å². The van der Waals surface area contributed by atoms with Gasteiger partial charge in [0, 0.05) is 22.6 Å². The van der Waals surface area contributed by atoms with E-state index in [0.717, 1.165) is 36.0 Å². The van der Waals surface area contributed by atoms with Gasteiger partial charge in [-0.2, -0.15) is 0 Å². The summed E-state index contributed by atoms with van der Waals surface area (Å²) in [5, 5.41) is 0. The van der Waals surface area contributed by atoms with Gasteiger partial charge in [-0.15, -0.1) is 0 Å². The number of Topliss-reactive ketones (excluding diaryl/α,β-unsaturated/α-hetero) is 1.